The van der Waals surface area contributed by atoms with Crippen LogP contribution in [0.2, 0.25) is 0 Å². The Morgan fingerprint density at radius 3 is 2.38 bits per heavy atom. The Kier molecular flexibility index (Phi) is 12.7. The summed E-state index contributed by atoms with van der Waals surface area (Å²) in [5.41, 5.74) is 0.656. The maximum Gasteiger partial charge on any atom is 0.263 e. The van der Waals surface area contributed by atoms with Gasteiger partial charge in [0, 0.05) is 0 Å². The van der Waals surface area contributed by atoms with Gasteiger partial charge in [-0.3, -0.25) is 24.0 Å². The third-order valence-electron chi connectivity index (χ3n) is 6.36. The first kappa shape index (κ1) is 31.0. The molecule has 2 rings (SSSR count). The fraction of sp³-hybridized carbons (Fsp3) is 0.379. The predicted octanol–water partition coefficient (Wildman–Crippen LogP) is 2.07. The minimum Gasteiger partial charge on any atom is -0.373 e. The SMILES string of the molecule is C/C=C/C=C/C=C/C(=O)CC(=O)N[C@@H](CC(=O)N[C@@H]1C(=O)[C@H](C(O)NC(=O)C=N)CCC1C)c1ccccc1. The average Bonchev–Trinajstić information content (AvgIpc) is 2.90. The van der Waals surface area contributed by atoms with Gasteiger partial charge >= 0.3 is 0 Å². The molecular weight excluding hydrogens is 500 g/mol. The van der Waals surface area contributed by atoms with E-state index >= 15 is 0 Å². The molecule has 0 radical (unpaired) electrons. The molecule has 0 heterocycles. The van der Waals surface area contributed by atoms with Gasteiger partial charge < -0.3 is 26.5 Å². The van der Waals surface area contributed by atoms with Gasteiger partial charge in [0.25, 0.3) is 5.91 Å². The molecule has 0 saturated heterocycles. The Morgan fingerprint density at radius 1 is 1.03 bits per heavy atom. The van der Waals surface area contributed by atoms with Crippen LogP contribution < -0.4 is 16.0 Å². The summed E-state index contributed by atoms with van der Waals surface area (Å²) in [6.45, 7) is 3.68. The van der Waals surface area contributed by atoms with Gasteiger partial charge in [0.15, 0.2) is 11.6 Å². The number of hydrogen-bond acceptors (Lipinski definition) is 7. The van der Waals surface area contributed by atoms with E-state index < -0.39 is 59.9 Å². The molecule has 2 unspecified atom stereocenters. The normalized spacial score (nSPS) is 21.0. The molecule has 1 aromatic carbocycles. The van der Waals surface area contributed by atoms with Crippen molar-refractivity contribution in [3.8, 4) is 0 Å². The van der Waals surface area contributed by atoms with Gasteiger partial charge in [-0.1, -0.05) is 67.6 Å². The Bertz CT molecular complexity index is 1130. The predicted molar refractivity (Wildman–Crippen MR) is 146 cm³/mol. The number of benzene rings is 1. The topological polar surface area (TPSA) is 166 Å². The van der Waals surface area contributed by atoms with Crippen LogP contribution in [-0.4, -0.2) is 52.9 Å². The first-order valence-corrected chi connectivity index (χ1v) is 12.8. The van der Waals surface area contributed by atoms with Crippen LogP contribution in [0.4, 0.5) is 0 Å². The van der Waals surface area contributed by atoms with Crippen LogP contribution in [0.15, 0.2) is 66.8 Å². The number of allylic oxidation sites excluding steroid dienone is 6. The van der Waals surface area contributed by atoms with E-state index in [-0.39, 0.29) is 12.3 Å². The van der Waals surface area contributed by atoms with Crippen molar-refractivity contribution in [3.05, 3.63) is 72.4 Å². The fourth-order valence-corrected chi connectivity index (χ4v) is 4.30. The van der Waals surface area contributed by atoms with Crippen molar-refractivity contribution in [2.24, 2.45) is 11.8 Å². The van der Waals surface area contributed by atoms with Crippen LogP contribution >= 0.6 is 0 Å². The molecule has 0 spiro atoms. The highest BCUT2D eigenvalue weighted by Crippen LogP contribution is 2.28. The van der Waals surface area contributed by atoms with Crippen molar-refractivity contribution in [1.29, 1.82) is 5.41 Å². The van der Waals surface area contributed by atoms with Gasteiger partial charge in [0.05, 0.1) is 37.1 Å². The quantitative estimate of drug-likeness (QED) is 0.0851. The number of nitrogens with one attached hydrogen (secondary N) is 4. The third-order valence-corrected chi connectivity index (χ3v) is 6.36. The number of amides is 3. The highest BCUT2D eigenvalue weighted by atomic mass is 16.3. The first-order chi connectivity index (χ1) is 18.7. The Balaban J connectivity index is 2.07. The van der Waals surface area contributed by atoms with Crippen LogP contribution in [0.25, 0.3) is 0 Å². The molecule has 0 aliphatic heterocycles. The van der Waals surface area contributed by atoms with Gasteiger partial charge in [0.1, 0.15) is 6.23 Å². The van der Waals surface area contributed by atoms with Gasteiger partial charge in [-0.05, 0) is 37.3 Å². The van der Waals surface area contributed by atoms with E-state index in [1.807, 2.05) is 19.9 Å². The second-order valence-electron chi connectivity index (χ2n) is 9.35. The van der Waals surface area contributed by atoms with E-state index in [9.17, 15) is 29.1 Å². The summed E-state index contributed by atoms with van der Waals surface area (Å²) >= 11 is 0. The molecule has 5 atom stereocenters. The minimum atomic E-state index is -1.47. The number of carbonyl (C=O) groups excluding carboxylic acids is 5. The van der Waals surface area contributed by atoms with E-state index in [2.05, 4.69) is 16.0 Å². The van der Waals surface area contributed by atoms with Crippen molar-refractivity contribution >= 4 is 35.5 Å². The van der Waals surface area contributed by atoms with Crippen molar-refractivity contribution in [1.82, 2.24) is 16.0 Å². The van der Waals surface area contributed by atoms with Crippen molar-refractivity contribution < 1.29 is 29.1 Å². The maximum absolute atomic E-state index is 13.1. The molecule has 0 bridgehead atoms. The number of ketones is 2. The molecule has 1 saturated carbocycles. The monoisotopic (exact) mass is 536 g/mol. The van der Waals surface area contributed by atoms with Crippen molar-refractivity contribution in [2.75, 3.05) is 0 Å². The van der Waals surface area contributed by atoms with E-state index in [0.29, 0.717) is 24.6 Å². The zero-order valence-corrected chi connectivity index (χ0v) is 22.1. The van der Waals surface area contributed by atoms with Crippen molar-refractivity contribution in [3.63, 3.8) is 0 Å². The van der Waals surface area contributed by atoms with E-state index in [1.54, 1.807) is 54.6 Å². The molecule has 3 amide bonds. The molecule has 0 aromatic heterocycles. The molecular formula is C29H36N4O6. The highest BCUT2D eigenvalue weighted by molar-refractivity contribution is 6.25. The van der Waals surface area contributed by atoms with E-state index in [4.69, 9.17) is 5.41 Å². The number of carbonyl (C=O) groups is 5. The van der Waals surface area contributed by atoms with E-state index in [1.165, 1.54) is 6.08 Å². The molecule has 1 fully saturated rings. The summed E-state index contributed by atoms with van der Waals surface area (Å²) in [5, 5.41) is 24.9. The molecule has 1 aliphatic rings. The second-order valence-corrected chi connectivity index (χ2v) is 9.35. The number of hydrogen-bond donors (Lipinski definition) is 5. The second kappa shape index (κ2) is 15.9. The number of Topliss-reactive ketones (excluding diaryl/α,β-unsaturated/α-hetero) is 1. The fourth-order valence-electron chi connectivity index (χ4n) is 4.30. The Morgan fingerprint density at radius 2 is 1.72 bits per heavy atom. The van der Waals surface area contributed by atoms with Crippen LogP contribution in [0.1, 0.15) is 51.1 Å². The molecule has 1 aromatic rings. The summed E-state index contributed by atoms with van der Waals surface area (Å²) in [6, 6.07) is 7.18. The third kappa shape index (κ3) is 10.2. The van der Waals surface area contributed by atoms with E-state index in [0.717, 1.165) is 0 Å². The summed E-state index contributed by atoms with van der Waals surface area (Å²) < 4.78 is 0. The zero-order chi connectivity index (χ0) is 28.8. The number of aliphatic hydroxyl groups excluding tert-OH is 1. The zero-order valence-electron chi connectivity index (χ0n) is 22.1. The molecule has 39 heavy (non-hydrogen) atoms. The summed E-state index contributed by atoms with van der Waals surface area (Å²) in [6.07, 6.45) is 9.21. The Hall–Kier alpha value is -4.18. The van der Waals surface area contributed by atoms with Crippen molar-refractivity contribution in [2.45, 2.75) is 57.8 Å². The lowest BCUT2D eigenvalue weighted by Crippen LogP contribution is -2.55. The smallest absolute Gasteiger partial charge is 0.263 e. The number of aliphatic hydroxyl groups is 1. The van der Waals surface area contributed by atoms with Gasteiger partial charge in [-0.25, -0.2) is 0 Å². The van der Waals surface area contributed by atoms with Crippen LogP contribution in [0.5, 0.6) is 0 Å². The standard InChI is InChI=1S/C29H36N4O6/c1-3-4-5-6-10-13-21(34)16-24(35)31-23(20-11-8-7-9-12-20)17-25(36)32-27-19(2)14-15-22(28(27)38)29(39)33-26(37)18-30/h3-13,18-19,22-23,27,29-30,39H,14-17H2,1-2H3,(H,31,35)(H,32,36)(H,33,37)/b4-3+,6-5+,13-10+,30-18?/t19?,22-,23+,27+,29?/m1/s1. The summed E-state index contributed by atoms with van der Waals surface area (Å²) in [7, 11) is 0. The molecule has 1 aliphatic carbocycles. The lowest BCUT2D eigenvalue weighted by atomic mass is 9.77. The largest absolute Gasteiger partial charge is 0.373 e. The lowest BCUT2D eigenvalue weighted by Gasteiger charge is -2.35. The van der Waals surface area contributed by atoms with Crippen LogP contribution in [-0.2, 0) is 24.0 Å². The van der Waals surface area contributed by atoms with Gasteiger partial charge in [-0.2, -0.15) is 0 Å². The van der Waals surface area contributed by atoms with Gasteiger partial charge in [0.2, 0.25) is 11.8 Å². The number of rotatable bonds is 13. The molecule has 5 N–H and O–H groups in total. The first-order valence-electron chi connectivity index (χ1n) is 12.8. The Labute approximate surface area is 228 Å². The molecule has 10 heteroatoms. The van der Waals surface area contributed by atoms with Crippen LogP contribution in [0, 0.1) is 17.2 Å². The van der Waals surface area contributed by atoms with Gasteiger partial charge in [-0.15, -0.1) is 0 Å². The maximum atomic E-state index is 13.1. The molecule has 10 nitrogen and oxygen atoms in total. The van der Waals surface area contributed by atoms with Crippen LogP contribution in [0.3, 0.4) is 0 Å². The molecule has 208 valence electrons. The lowest BCUT2D eigenvalue weighted by molar-refractivity contribution is -0.139. The average molecular weight is 537 g/mol. The minimum absolute atomic E-state index is 0.180. The summed E-state index contributed by atoms with van der Waals surface area (Å²) in [5.74, 6) is -3.80. The highest BCUT2D eigenvalue weighted by Gasteiger charge is 2.40. The summed E-state index contributed by atoms with van der Waals surface area (Å²) in [4.78, 5) is 62.3.